The number of rotatable bonds is 1. The molecule has 1 fully saturated rings. The van der Waals surface area contributed by atoms with Gasteiger partial charge in [-0.05, 0) is 60.2 Å². The summed E-state index contributed by atoms with van der Waals surface area (Å²) in [6, 6.07) is 13.1. The molecule has 3 heterocycles. The lowest BCUT2D eigenvalue weighted by molar-refractivity contribution is 1.04. The van der Waals surface area contributed by atoms with E-state index in [1.54, 1.807) is 0 Å². The molecule has 1 saturated carbocycles. The van der Waals surface area contributed by atoms with Gasteiger partial charge in [0.1, 0.15) is 0 Å². The molecule has 6 rings (SSSR count). The lowest BCUT2D eigenvalue weighted by Crippen LogP contribution is -1.98. The molecule has 130 valence electrons. The second-order valence-corrected chi connectivity index (χ2v) is 7.77. The average molecular weight is 349 g/mol. The lowest BCUT2D eigenvalue weighted by Gasteiger charge is -2.18. The largest absolute Gasteiger partial charge is 0.258 e. The van der Waals surface area contributed by atoms with Crippen molar-refractivity contribution in [1.82, 2.24) is 4.98 Å². The molecule has 2 aromatic carbocycles. The third-order valence-electron chi connectivity index (χ3n) is 5.87. The van der Waals surface area contributed by atoms with Gasteiger partial charge in [-0.3, -0.25) is 15.0 Å². The molecule has 3 aromatic rings. The molecule has 27 heavy (non-hydrogen) atoms. The number of hydrogen-bond donors (Lipinski definition) is 0. The predicted molar refractivity (Wildman–Crippen MR) is 113 cm³/mol. The fourth-order valence-corrected chi connectivity index (χ4v) is 4.41. The molecule has 1 aromatic heterocycles. The SMILES string of the molecule is CC1=Nc2ccc(-c3cc4cccnc4c4c3C3CC3C=N4)cc2C=CC1. The van der Waals surface area contributed by atoms with Crippen molar-refractivity contribution in [3.8, 4) is 11.1 Å². The normalized spacial score (nSPS) is 21.9. The van der Waals surface area contributed by atoms with Crippen molar-refractivity contribution < 1.29 is 0 Å². The van der Waals surface area contributed by atoms with Crippen molar-refractivity contribution in [2.45, 2.75) is 25.7 Å². The van der Waals surface area contributed by atoms with Crippen LogP contribution in [0.3, 0.4) is 0 Å². The van der Waals surface area contributed by atoms with E-state index < -0.39 is 0 Å². The topological polar surface area (TPSA) is 37.6 Å². The van der Waals surface area contributed by atoms with Gasteiger partial charge in [-0.1, -0.05) is 24.3 Å². The second-order valence-electron chi connectivity index (χ2n) is 7.77. The minimum absolute atomic E-state index is 0.591. The Kier molecular flexibility index (Phi) is 3.04. The first-order chi connectivity index (χ1) is 13.3. The quantitative estimate of drug-likeness (QED) is 0.513. The summed E-state index contributed by atoms with van der Waals surface area (Å²) in [5, 5.41) is 1.15. The van der Waals surface area contributed by atoms with E-state index in [1.165, 1.54) is 28.7 Å². The van der Waals surface area contributed by atoms with Gasteiger partial charge >= 0.3 is 0 Å². The molecule has 0 N–H and O–H groups in total. The smallest absolute Gasteiger partial charge is 0.0961 e. The van der Waals surface area contributed by atoms with Crippen LogP contribution in [0.4, 0.5) is 11.4 Å². The van der Waals surface area contributed by atoms with Crippen LogP contribution in [-0.4, -0.2) is 16.9 Å². The molecule has 3 nitrogen and oxygen atoms in total. The highest BCUT2D eigenvalue weighted by molar-refractivity contribution is 6.00. The molecule has 2 atom stereocenters. The zero-order valence-electron chi connectivity index (χ0n) is 15.2. The lowest BCUT2D eigenvalue weighted by atomic mass is 9.90. The van der Waals surface area contributed by atoms with E-state index in [2.05, 4.69) is 60.6 Å². The number of benzene rings is 2. The Morgan fingerprint density at radius 2 is 2.07 bits per heavy atom. The number of allylic oxidation sites excluding steroid dienone is 1. The van der Waals surface area contributed by atoms with Crippen LogP contribution in [0.1, 0.15) is 36.8 Å². The molecular weight excluding hydrogens is 330 g/mol. The minimum atomic E-state index is 0.591. The number of aliphatic imine (C=N–C) groups is 2. The van der Waals surface area contributed by atoms with Gasteiger partial charge in [-0.15, -0.1) is 0 Å². The first-order valence-corrected chi connectivity index (χ1v) is 9.59. The Morgan fingerprint density at radius 1 is 1.11 bits per heavy atom. The van der Waals surface area contributed by atoms with E-state index in [-0.39, 0.29) is 0 Å². The zero-order valence-corrected chi connectivity index (χ0v) is 15.2. The summed E-state index contributed by atoms with van der Waals surface area (Å²) >= 11 is 0. The van der Waals surface area contributed by atoms with E-state index >= 15 is 0 Å². The van der Waals surface area contributed by atoms with Crippen LogP contribution < -0.4 is 0 Å². The summed E-state index contributed by atoms with van der Waals surface area (Å²) in [4.78, 5) is 14.2. The van der Waals surface area contributed by atoms with Crippen molar-refractivity contribution in [3.05, 3.63) is 59.8 Å². The standard InChI is InChI=1S/C24H19N3/c1-14-4-2-5-16-10-15(7-8-21(16)27-14)19-11-17-6-3-9-25-23(17)24-22(19)20-12-18(20)13-26-24/h2-3,5-11,13,18,20H,4,12H2,1H3. The fourth-order valence-electron chi connectivity index (χ4n) is 4.41. The van der Waals surface area contributed by atoms with E-state index in [1.807, 2.05) is 12.3 Å². The van der Waals surface area contributed by atoms with Crippen LogP contribution >= 0.6 is 0 Å². The van der Waals surface area contributed by atoms with Gasteiger partial charge in [0.25, 0.3) is 0 Å². The summed E-state index contributed by atoms with van der Waals surface area (Å²) in [5.74, 6) is 1.19. The van der Waals surface area contributed by atoms with Crippen molar-refractivity contribution in [3.63, 3.8) is 0 Å². The third-order valence-corrected chi connectivity index (χ3v) is 5.87. The first kappa shape index (κ1) is 15.0. The highest BCUT2D eigenvalue weighted by atomic mass is 14.8. The van der Waals surface area contributed by atoms with E-state index in [9.17, 15) is 0 Å². The Labute approximate surface area is 158 Å². The maximum Gasteiger partial charge on any atom is 0.0961 e. The van der Waals surface area contributed by atoms with Gasteiger partial charge in [-0.2, -0.15) is 0 Å². The summed E-state index contributed by atoms with van der Waals surface area (Å²) in [7, 11) is 0. The average Bonchev–Trinajstić information content (AvgIpc) is 3.49. The van der Waals surface area contributed by atoms with Gasteiger partial charge in [0.05, 0.1) is 16.9 Å². The molecule has 0 radical (unpaired) electrons. The van der Waals surface area contributed by atoms with Crippen LogP contribution in [0.25, 0.3) is 28.1 Å². The molecule has 0 saturated heterocycles. The van der Waals surface area contributed by atoms with Crippen molar-refractivity contribution in [1.29, 1.82) is 0 Å². The number of aromatic nitrogens is 1. The monoisotopic (exact) mass is 349 g/mol. The zero-order chi connectivity index (χ0) is 18.0. The van der Waals surface area contributed by atoms with Crippen molar-refractivity contribution in [2.75, 3.05) is 0 Å². The number of pyridine rings is 1. The van der Waals surface area contributed by atoms with E-state index in [0.717, 1.165) is 34.4 Å². The van der Waals surface area contributed by atoms with Gasteiger partial charge in [-0.25, -0.2) is 0 Å². The number of fused-ring (bicyclic) bond motifs is 6. The van der Waals surface area contributed by atoms with E-state index in [0.29, 0.717) is 11.8 Å². The third kappa shape index (κ3) is 2.31. The molecular formula is C24H19N3. The highest BCUT2D eigenvalue weighted by Crippen LogP contribution is 2.57. The fraction of sp³-hybridized carbons (Fsp3) is 0.208. The molecule has 0 spiro atoms. The van der Waals surface area contributed by atoms with Gasteiger partial charge in [0, 0.05) is 41.4 Å². The summed E-state index contributed by atoms with van der Waals surface area (Å²) in [5.41, 5.74) is 9.43. The molecule has 2 unspecified atom stereocenters. The van der Waals surface area contributed by atoms with Crippen LogP contribution in [0.2, 0.25) is 0 Å². The number of hydrogen-bond acceptors (Lipinski definition) is 3. The Hall–Kier alpha value is -3.07. The number of nitrogens with zero attached hydrogens (tertiary/aromatic N) is 3. The van der Waals surface area contributed by atoms with Crippen LogP contribution in [0, 0.1) is 5.92 Å². The maximum absolute atomic E-state index is 4.82. The van der Waals surface area contributed by atoms with Crippen molar-refractivity contribution in [2.24, 2.45) is 15.9 Å². The highest BCUT2D eigenvalue weighted by Gasteiger charge is 2.43. The van der Waals surface area contributed by atoms with Crippen LogP contribution in [0.5, 0.6) is 0 Å². The van der Waals surface area contributed by atoms with Crippen LogP contribution in [-0.2, 0) is 0 Å². The Morgan fingerprint density at radius 3 is 3.04 bits per heavy atom. The molecule has 1 aliphatic carbocycles. The Balaban J connectivity index is 1.62. The molecule has 3 aliphatic rings. The molecule has 2 aliphatic heterocycles. The van der Waals surface area contributed by atoms with E-state index in [4.69, 9.17) is 9.98 Å². The van der Waals surface area contributed by atoms with Crippen LogP contribution in [0.15, 0.2) is 58.7 Å². The predicted octanol–water partition coefficient (Wildman–Crippen LogP) is 6.23. The minimum Gasteiger partial charge on any atom is -0.258 e. The summed E-state index contributed by atoms with van der Waals surface area (Å²) in [6.07, 6.45) is 10.5. The molecule has 0 amide bonds. The maximum atomic E-state index is 4.82. The van der Waals surface area contributed by atoms with Gasteiger partial charge in [0.15, 0.2) is 0 Å². The second kappa shape index (κ2) is 5.46. The molecule has 0 bridgehead atoms. The first-order valence-electron chi connectivity index (χ1n) is 9.59. The Bertz CT molecular complexity index is 1200. The summed E-state index contributed by atoms with van der Waals surface area (Å²) < 4.78 is 0. The van der Waals surface area contributed by atoms with Gasteiger partial charge < -0.3 is 0 Å². The van der Waals surface area contributed by atoms with Gasteiger partial charge in [0.2, 0.25) is 0 Å². The summed E-state index contributed by atoms with van der Waals surface area (Å²) in [6.45, 7) is 2.09. The van der Waals surface area contributed by atoms with Crippen molar-refractivity contribution >= 4 is 40.3 Å². The molecule has 3 heteroatoms.